The van der Waals surface area contributed by atoms with Gasteiger partial charge in [0.25, 0.3) is 0 Å². The molecule has 23 heavy (non-hydrogen) atoms. The first kappa shape index (κ1) is 22.9. The molecule has 0 saturated carbocycles. The zero-order chi connectivity index (χ0) is 16.8. The zero-order valence-corrected chi connectivity index (χ0v) is 16.3. The topological polar surface area (TPSA) is 18.5 Å². The van der Waals surface area contributed by atoms with Crippen LogP contribution in [0.3, 0.4) is 0 Å². The van der Waals surface area contributed by atoms with E-state index in [-0.39, 0.29) is 0 Å². The first-order valence-electron chi connectivity index (χ1n) is 10.6. The molecule has 0 aliphatic carbocycles. The predicted octanol–water partition coefficient (Wildman–Crippen LogP) is 6.91. The molecule has 0 saturated heterocycles. The highest BCUT2D eigenvalue weighted by molar-refractivity contribution is 4.48. The molecule has 0 spiro atoms. The highest BCUT2D eigenvalue weighted by atomic mass is 16.5. The Morgan fingerprint density at radius 3 is 1.17 bits per heavy atom. The summed E-state index contributed by atoms with van der Waals surface area (Å²) in [4.78, 5) is 0. The summed E-state index contributed by atoms with van der Waals surface area (Å²) < 4.78 is 11.0. The van der Waals surface area contributed by atoms with Crippen molar-refractivity contribution in [3.05, 3.63) is 0 Å². The number of hydrogen-bond acceptors (Lipinski definition) is 2. The van der Waals surface area contributed by atoms with E-state index in [2.05, 4.69) is 13.8 Å². The summed E-state index contributed by atoms with van der Waals surface area (Å²) in [6, 6.07) is 0. The van der Waals surface area contributed by atoms with Crippen molar-refractivity contribution in [3.8, 4) is 0 Å². The molecule has 0 rings (SSSR count). The fourth-order valence-electron chi connectivity index (χ4n) is 2.88. The van der Waals surface area contributed by atoms with Crippen LogP contribution in [0.5, 0.6) is 0 Å². The van der Waals surface area contributed by atoms with Crippen LogP contribution in [0.25, 0.3) is 0 Å². The maximum Gasteiger partial charge on any atom is 0.0466 e. The van der Waals surface area contributed by atoms with E-state index in [0.717, 1.165) is 26.4 Å². The van der Waals surface area contributed by atoms with Crippen LogP contribution in [0.1, 0.15) is 110 Å². The minimum atomic E-state index is 0.843. The molecular formula is C21H44O2. The Bertz CT molecular complexity index is 174. The largest absolute Gasteiger partial charge is 0.382 e. The van der Waals surface area contributed by atoms with Crippen molar-refractivity contribution >= 4 is 0 Å². The standard InChI is InChI=1S/C21H44O2/c1-3-5-6-7-8-9-10-11-12-13-14-16-20-23-21-18-15-17-19-22-4-2/h3-21H2,1-2H3. The molecule has 2 heteroatoms. The van der Waals surface area contributed by atoms with E-state index in [9.17, 15) is 0 Å². The van der Waals surface area contributed by atoms with Crippen LogP contribution in [-0.4, -0.2) is 26.4 Å². The van der Waals surface area contributed by atoms with Crippen LogP contribution < -0.4 is 0 Å². The molecule has 2 nitrogen and oxygen atoms in total. The first-order valence-corrected chi connectivity index (χ1v) is 10.6. The monoisotopic (exact) mass is 328 g/mol. The van der Waals surface area contributed by atoms with Crippen molar-refractivity contribution in [1.29, 1.82) is 0 Å². The lowest BCUT2D eigenvalue weighted by Crippen LogP contribution is -1.99. The van der Waals surface area contributed by atoms with Gasteiger partial charge in [-0.1, -0.05) is 77.6 Å². The Labute approximate surface area is 146 Å². The van der Waals surface area contributed by atoms with Crippen LogP contribution in [0.4, 0.5) is 0 Å². The van der Waals surface area contributed by atoms with Crippen LogP contribution >= 0.6 is 0 Å². The van der Waals surface area contributed by atoms with Gasteiger partial charge in [-0.05, 0) is 32.6 Å². The highest BCUT2D eigenvalue weighted by Crippen LogP contribution is 2.11. The fraction of sp³-hybridized carbons (Fsp3) is 1.00. The first-order chi connectivity index (χ1) is 11.4. The average molecular weight is 329 g/mol. The van der Waals surface area contributed by atoms with Gasteiger partial charge in [0.1, 0.15) is 0 Å². The molecule has 0 amide bonds. The van der Waals surface area contributed by atoms with Gasteiger partial charge >= 0.3 is 0 Å². The Morgan fingerprint density at radius 2 is 0.739 bits per heavy atom. The minimum Gasteiger partial charge on any atom is -0.382 e. The average Bonchev–Trinajstić information content (AvgIpc) is 2.57. The quantitative estimate of drug-likeness (QED) is 0.226. The van der Waals surface area contributed by atoms with Crippen molar-refractivity contribution < 1.29 is 9.47 Å². The minimum absolute atomic E-state index is 0.843. The van der Waals surface area contributed by atoms with Crippen molar-refractivity contribution in [2.75, 3.05) is 26.4 Å². The lowest BCUT2D eigenvalue weighted by atomic mass is 10.1. The molecule has 0 N–H and O–H groups in total. The van der Waals surface area contributed by atoms with Gasteiger partial charge < -0.3 is 9.47 Å². The van der Waals surface area contributed by atoms with Gasteiger partial charge in [-0.25, -0.2) is 0 Å². The second kappa shape index (κ2) is 21.9. The number of unbranched alkanes of at least 4 members (excludes halogenated alkanes) is 13. The molecule has 0 bridgehead atoms. The van der Waals surface area contributed by atoms with Gasteiger partial charge in [-0.3, -0.25) is 0 Å². The molecule has 0 aromatic carbocycles. The maximum atomic E-state index is 5.69. The van der Waals surface area contributed by atoms with Gasteiger partial charge in [0.15, 0.2) is 0 Å². The Kier molecular flexibility index (Phi) is 21.8. The molecule has 0 atom stereocenters. The predicted molar refractivity (Wildman–Crippen MR) is 102 cm³/mol. The second-order valence-corrected chi connectivity index (χ2v) is 6.76. The summed E-state index contributed by atoms with van der Waals surface area (Å²) in [5, 5.41) is 0. The van der Waals surface area contributed by atoms with Crippen LogP contribution in [0.15, 0.2) is 0 Å². The van der Waals surface area contributed by atoms with Crippen molar-refractivity contribution in [2.24, 2.45) is 0 Å². The van der Waals surface area contributed by atoms with Crippen molar-refractivity contribution in [1.82, 2.24) is 0 Å². The third kappa shape index (κ3) is 21.9. The van der Waals surface area contributed by atoms with Crippen LogP contribution in [0.2, 0.25) is 0 Å². The summed E-state index contributed by atoms with van der Waals surface area (Å²) in [6.45, 7) is 7.99. The molecule has 0 aliphatic rings. The van der Waals surface area contributed by atoms with E-state index >= 15 is 0 Å². The third-order valence-electron chi connectivity index (χ3n) is 4.42. The Hall–Kier alpha value is -0.0800. The van der Waals surface area contributed by atoms with Gasteiger partial charge in [0.05, 0.1) is 0 Å². The molecule has 0 aromatic rings. The lowest BCUT2D eigenvalue weighted by Gasteiger charge is -2.05. The zero-order valence-electron chi connectivity index (χ0n) is 16.3. The van der Waals surface area contributed by atoms with Crippen molar-refractivity contribution in [3.63, 3.8) is 0 Å². The van der Waals surface area contributed by atoms with Gasteiger partial charge in [0, 0.05) is 26.4 Å². The molecule has 0 aromatic heterocycles. The normalized spacial score (nSPS) is 11.2. The fourth-order valence-corrected chi connectivity index (χ4v) is 2.88. The number of rotatable bonds is 20. The SMILES string of the molecule is CCCCCCCCCCCCCCOCCCCCOCC. The summed E-state index contributed by atoms with van der Waals surface area (Å²) in [5.74, 6) is 0. The second-order valence-electron chi connectivity index (χ2n) is 6.76. The van der Waals surface area contributed by atoms with Gasteiger partial charge in [-0.2, -0.15) is 0 Å². The highest BCUT2D eigenvalue weighted by Gasteiger charge is 1.94. The van der Waals surface area contributed by atoms with Crippen LogP contribution in [0, 0.1) is 0 Å². The molecule has 0 unspecified atom stereocenters. The van der Waals surface area contributed by atoms with E-state index in [1.54, 1.807) is 0 Å². The van der Waals surface area contributed by atoms with E-state index in [4.69, 9.17) is 9.47 Å². The molecular weight excluding hydrogens is 284 g/mol. The number of hydrogen-bond donors (Lipinski definition) is 0. The summed E-state index contributed by atoms with van der Waals surface area (Å²) in [5.41, 5.74) is 0. The smallest absolute Gasteiger partial charge is 0.0466 e. The van der Waals surface area contributed by atoms with E-state index in [1.165, 1.54) is 96.3 Å². The van der Waals surface area contributed by atoms with Gasteiger partial charge in [0.2, 0.25) is 0 Å². The van der Waals surface area contributed by atoms with E-state index < -0.39 is 0 Å². The summed E-state index contributed by atoms with van der Waals surface area (Å²) in [6.07, 6.45) is 20.5. The summed E-state index contributed by atoms with van der Waals surface area (Å²) in [7, 11) is 0. The maximum absolute atomic E-state index is 5.69. The molecule has 0 heterocycles. The Balaban J connectivity index is 2.92. The van der Waals surface area contributed by atoms with Crippen molar-refractivity contribution in [2.45, 2.75) is 110 Å². The molecule has 0 radical (unpaired) electrons. The lowest BCUT2D eigenvalue weighted by molar-refractivity contribution is 0.117. The molecule has 0 aliphatic heterocycles. The molecule has 140 valence electrons. The van der Waals surface area contributed by atoms with E-state index in [0.29, 0.717) is 0 Å². The molecule has 0 fully saturated rings. The van der Waals surface area contributed by atoms with Gasteiger partial charge in [-0.15, -0.1) is 0 Å². The number of ether oxygens (including phenoxy) is 2. The van der Waals surface area contributed by atoms with E-state index in [1.807, 2.05) is 0 Å². The Morgan fingerprint density at radius 1 is 0.391 bits per heavy atom. The van der Waals surface area contributed by atoms with Crippen LogP contribution in [-0.2, 0) is 9.47 Å². The third-order valence-corrected chi connectivity index (χ3v) is 4.42. The summed E-state index contributed by atoms with van der Waals surface area (Å²) >= 11 is 0.